The van der Waals surface area contributed by atoms with Crippen molar-refractivity contribution >= 4 is 10.8 Å². The van der Waals surface area contributed by atoms with Crippen molar-refractivity contribution in [2.75, 3.05) is 13.1 Å². The molecule has 1 N–H and O–H groups in total. The van der Waals surface area contributed by atoms with Gasteiger partial charge in [0.2, 0.25) is 0 Å². The van der Waals surface area contributed by atoms with Crippen molar-refractivity contribution in [2.24, 2.45) is 0 Å². The van der Waals surface area contributed by atoms with Gasteiger partial charge in [-0.2, -0.15) is 13.2 Å². The number of ether oxygens (including phenoxy) is 1. The lowest BCUT2D eigenvalue weighted by Gasteiger charge is -2.24. The van der Waals surface area contributed by atoms with Crippen LogP contribution in [0.4, 0.5) is 13.2 Å². The number of piperidine rings is 1. The summed E-state index contributed by atoms with van der Waals surface area (Å²) in [6.07, 6.45) is -2.77. The van der Waals surface area contributed by atoms with Crippen LogP contribution in [0.5, 0.6) is 5.75 Å². The van der Waals surface area contributed by atoms with Crippen LogP contribution in [0.3, 0.4) is 0 Å². The van der Waals surface area contributed by atoms with Gasteiger partial charge in [0, 0.05) is 0 Å². The van der Waals surface area contributed by atoms with E-state index < -0.39 is 11.7 Å². The highest BCUT2D eigenvalue weighted by Crippen LogP contribution is 2.38. The van der Waals surface area contributed by atoms with Gasteiger partial charge in [0.25, 0.3) is 0 Å². The molecule has 0 aliphatic carbocycles. The molecular weight excluding hydrogens is 279 g/mol. The van der Waals surface area contributed by atoms with Crippen molar-refractivity contribution < 1.29 is 17.9 Å². The number of fused-ring (bicyclic) bond motifs is 1. The molecule has 2 aromatic rings. The van der Waals surface area contributed by atoms with E-state index in [4.69, 9.17) is 4.74 Å². The molecular formula is C16H16F3NO. The molecule has 21 heavy (non-hydrogen) atoms. The quantitative estimate of drug-likeness (QED) is 0.904. The molecule has 0 bridgehead atoms. The van der Waals surface area contributed by atoms with E-state index >= 15 is 0 Å². The molecule has 5 heteroatoms. The lowest BCUT2D eigenvalue weighted by Crippen LogP contribution is -2.34. The molecule has 1 aliphatic heterocycles. The van der Waals surface area contributed by atoms with E-state index in [1.54, 1.807) is 24.3 Å². The Kier molecular flexibility index (Phi) is 3.76. The molecule has 2 nitrogen and oxygen atoms in total. The fourth-order valence-corrected chi connectivity index (χ4v) is 2.69. The number of hydrogen-bond donors (Lipinski definition) is 1. The second-order valence-corrected chi connectivity index (χ2v) is 5.26. The lowest BCUT2D eigenvalue weighted by atomic mass is 10.0. The third kappa shape index (κ3) is 3.13. The first-order valence-corrected chi connectivity index (χ1v) is 7.01. The van der Waals surface area contributed by atoms with Gasteiger partial charge in [-0.1, -0.05) is 24.3 Å². The van der Waals surface area contributed by atoms with Crippen LogP contribution in [0.25, 0.3) is 10.8 Å². The van der Waals surface area contributed by atoms with E-state index in [2.05, 4.69) is 5.32 Å². The minimum atomic E-state index is -4.38. The minimum absolute atomic E-state index is 0.0199. The molecule has 0 unspecified atom stereocenters. The van der Waals surface area contributed by atoms with Crippen LogP contribution in [-0.4, -0.2) is 19.2 Å². The summed E-state index contributed by atoms with van der Waals surface area (Å²) in [6.45, 7) is 1.68. The molecule has 0 atom stereocenters. The summed E-state index contributed by atoms with van der Waals surface area (Å²) in [5, 5.41) is 3.97. The summed E-state index contributed by atoms with van der Waals surface area (Å²) in [4.78, 5) is 0. The van der Waals surface area contributed by atoms with Crippen molar-refractivity contribution in [1.29, 1.82) is 0 Å². The first kappa shape index (κ1) is 14.2. The van der Waals surface area contributed by atoms with Crippen LogP contribution < -0.4 is 10.1 Å². The molecule has 3 rings (SSSR count). The normalized spacial score (nSPS) is 17.1. The molecule has 1 aliphatic rings. The highest BCUT2D eigenvalue weighted by Gasteiger charge is 2.33. The van der Waals surface area contributed by atoms with Crippen LogP contribution in [-0.2, 0) is 6.18 Å². The van der Waals surface area contributed by atoms with Gasteiger partial charge in [-0.3, -0.25) is 0 Å². The first-order chi connectivity index (χ1) is 10.0. The number of hydrogen-bond acceptors (Lipinski definition) is 2. The molecule has 0 amide bonds. The number of halogens is 3. The van der Waals surface area contributed by atoms with Crippen LogP contribution >= 0.6 is 0 Å². The molecule has 0 spiro atoms. The van der Waals surface area contributed by atoms with Gasteiger partial charge in [0.1, 0.15) is 11.9 Å². The van der Waals surface area contributed by atoms with E-state index in [9.17, 15) is 13.2 Å². The Labute approximate surface area is 120 Å². The fourth-order valence-electron chi connectivity index (χ4n) is 2.69. The van der Waals surface area contributed by atoms with Gasteiger partial charge in [0.05, 0.1) is 5.56 Å². The number of rotatable bonds is 2. The van der Waals surface area contributed by atoms with E-state index in [1.165, 1.54) is 6.07 Å². The third-order valence-electron chi connectivity index (χ3n) is 3.73. The van der Waals surface area contributed by atoms with Gasteiger partial charge >= 0.3 is 6.18 Å². The Balaban J connectivity index is 1.99. The maximum Gasteiger partial charge on any atom is 0.417 e. The largest absolute Gasteiger partial charge is 0.490 e. The molecule has 0 radical (unpaired) electrons. The smallest absolute Gasteiger partial charge is 0.417 e. The highest BCUT2D eigenvalue weighted by atomic mass is 19.4. The summed E-state index contributed by atoms with van der Waals surface area (Å²) in [7, 11) is 0. The van der Waals surface area contributed by atoms with Crippen LogP contribution in [0, 0.1) is 0 Å². The number of alkyl halides is 3. The molecule has 112 valence electrons. The van der Waals surface area contributed by atoms with Crippen molar-refractivity contribution in [3.05, 3.63) is 42.0 Å². The summed E-state index contributed by atoms with van der Waals surface area (Å²) < 4.78 is 45.4. The predicted molar refractivity (Wildman–Crippen MR) is 75.5 cm³/mol. The Bertz CT molecular complexity index is 633. The molecule has 1 fully saturated rings. The summed E-state index contributed by atoms with van der Waals surface area (Å²) >= 11 is 0. The van der Waals surface area contributed by atoms with Gasteiger partial charge in [-0.05, 0) is 48.8 Å². The van der Waals surface area contributed by atoms with Crippen molar-refractivity contribution in [1.82, 2.24) is 5.32 Å². The van der Waals surface area contributed by atoms with Crippen molar-refractivity contribution in [3.63, 3.8) is 0 Å². The summed E-state index contributed by atoms with van der Waals surface area (Å²) in [5.41, 5.74) is -0.635. The second-order valence-electron chi connectivity index (χ2n) is 5.26. The van der Waals surface area contributed by atoms with E-state index in [1.807, 2.05) is 0 Å². The lowest BCUT2D eigenvalue weighted by molar-refractivity contribution is -0.136. The second kappa shape index (κ2) is 5.56. The fraction of sp³-hybridized carbons (Fsp3) is 0.375. The van der Waals surface area contributed by atoms with Crippen molar-refractivity contribution in [3.8, 4) is 5.75 Å². The molecule has 1 heterocycles. The average Bonchev–Trinajstić information content (AvgIpc) is 2.46. The van der Waals surface area contributed by atoms with E-state index in [0.717, 1.165) is 32.0 Å². The molecule has 1 saturated heterocycles. The maximum absolute atomic E-state index is 13.2. The zero-order chi connectivity index (χ0) is 14.9. The van der Waals surface area contributed by atoms with Gasteiger partial charge < -0.3 is 10.1 Å². The average molecular weight is 295 g/mol. The summed E-state index contributed by atoms with van der Waals surface area (Å²) in [6, 6.07) is 9.32. The Morgan fingerprint density at radius 3 is 2.48 bits per heavy atom. The maximum atomic E-state index is 13.2. The van der Waals surface area contributed by atoms with E-state index in [0.29, 0.717) is 11.1 Å². The Morgan fingerprint density at radius 1 is 1.05 bits per heavy atom. The highest BCUT2D eigenvalue weighted by molar-refractivity contribution is 5.87. The number of benzene rings is 2. The Morgan fingerprint density at radius 2 is 1.76 bits per heavy atom. The zero-order valence-corrected chi connectivity index (χ0v) is 11.4. The van der Waals surface area contributed by atoms with Crippen LogP contribution in [0.15, 0.2) is 36.4 Å². The molecule has 0 aromatic heterocycles. The van der Waals surface area contributed by atoms with Crippen LogP contribution in [0.2, 0.25) is 0 Å². The SMILES string of the molecule is FC(F)(F)c1cc(OC2CCNCC2)cc2ccccc12. The topological polar surface area (TPSA) is 21.3 Å². The monoisotopic (exact) mass is 295 g/mol. The Hall–Kier alpha value is -1.75. The van der Waals surface area contributed by atoms with Gasteiger partial charge in [-0.25, -0.2) is 0 Å². The van der Waals surface area contributed by atoms with Crippen molar-refractivity contribution in [2.45, 2.75) is 25.1 Å². The number of nitrogens with one attached hydrogen (secondary N) is 1. The third-order valence-corrected chi connectivity index (χ3v) is 3.73. The molecule has 0 saturated carbocycles. The standard InChI is InChI=1S/C16H16F3NO/c17-16(18,19)15-10-13(21-12-5-7-20-8-6-12)9-11-3-1-2-4-14(11)15/h1-4,9-10,12,20H,5-8H2. The van der Waals surface area contributed by atoms with Crippen LogP contribution in [0.1, 0.15) is 18.4 Å². The van der Waals surface area contributed by atoms with Gasteiger partial charge in [-0.15, -0.1) is 0 Å². The zero-order valence-electron chi connectivity index (χ0n) is 11.4. The minimum Gasteiger partial charge on any atom is -0.490 e. The molecule has 2 aromatic carbocycles. The van der Waals surface area contributed by atoms with E-state index in [-0.39, 0.29) is 11.5 Å². The first-order valence-electron chi connectivity index (χ1n) is 7.01. The summed E-state index contributed by atoms with van der Waals surface area (Å²) in [5.74, 6) is 0.299. The predicted octanol–water partition coefficient (Wildman–Crippen LogP) is 3.99. The van der Waals surface area contributed by atoms with Gasteiger partial charge in [0.15, 0.2) is 0 Å².